The van der Waals surface area contributed by atoms with Gasteiger partial charge in [-0.25, -0.2) is 9.97 Å². The largest absolute Gasteiger partial charge is 0.338 e. The van der Waals surface area contributed by atoms with Gasteiger partial charge in [0.25, 0.3) is 0 Å². The predicted octanol–water partition coefficient (Wildman–Crippen LogP) is 1.82. The molecule has 1 aliphatic carbocycles. The highest BCUT2D eigenvalue weighted by Crippen LogP contribution is 2.31. The van der Waals surface area contributed by atoms with E-state index >= 15 is 0 Å². The number of hydrogen-bond acceptors (Lipinski definition) is 6. The van der Waals surface area contributed by atoms with E-state index in [0.29, 0.717) is 17.5 Å². The van der Waals surface area contributed by atoms with Gasteiger partial charge in [-0.1, -0.05) is 18.0 Å². The number of rotatable bonds is 2. The third-order valence-electron chi connectivity index (χ3n) is 3.56. The Hall–Kier alpha value is -1.82. The molecule has 1 fully saturated rings. The lowest BCUT2D eigenvalue weighted by Crippen LogP contribution is -2.31. The normalized spacial score (nSPS) is 23.5. The Bertz CT molecular complexity index is 550. The van der Waals surface area contributed by atoms with Crippen LogP contribution in [0.2, 0.25) is 0 Å². The molecule has 2 aromatic rings. The van der Waals surface area contributed by atoms with Crippen LogP contribution < -0.4 is 5.73 Å². The number of nitrogens with zero attached hydrogens (tertiary/aromatic N) is 4. The van der Waals surface area contributed by atoms with Gasteiger partial charge in [0.15, 0.2) is 0 Å². The van der Waals surface area contributed by atoms with E-state index in [1.54, 1.807) is 12.4 Å². The second-order valence-electron chi connectivity index (χ2n) is 5.10. The molecular weight excluding hydrogens is 242 g/mol. The minimum absolute atomic E-state index is 0.112. The summed E-state index contributed by atoms with van der Waals surface area (Å²) in [6.45, 7) is 1.94. The van der Waals surface area contributed by atoms with Crippen LogP contribution in [-0.4, -0.2) is 26.2 Å². The minimum atomic E-state index is 0.112. The summed E-state index contributed by atoms with van der Waals surface area (Å²) in [4.78, 5) is 12.8. The van der Waals surface area contributed by atoms with Gasteiger partial charge in [-0.15, -0.1) is 0 Å². The van der Waals surface area contributed by atoms with Gasteiger partial charge in [-0.2, -0.15) is 4.98 Å². The van der Waals surface area contributed by atoms with Crippen molar-refractivity contribution in [2.45, 2.75) is 44.6 Å². The van der Waals surface area contributed by atoms with Crippen LogP contribution in [0.3, 0.4) is 0 Å². The van der Waals surface area contributed by atoms with E-state index in [9.17, 15) is 0 Å². The summed E-state index contributed by atoms with van der Waals surface area (Å²) in [6, 6.07) is 0.112. The first-order valence-corrected chi connectivity index (χ1v) is 6.62. The van der Waals surface area contributed by atoms with Gasteiger partial charge >= 0.3 is 0 Å². The van der Waals surface area contributed by atoms with Crippen molar-refractivity contribution in [3.63, 3.8) is 0 Å². The van der Waals surface area contributed by atoms with Gasteiger partial charge in [0.2, 0.25) is 17.5 Å². The fourth-order valence-corrected chi connectivity index (χ4v) is 2.45. The molecule has 0 spiro atoms. The SMILES string of the molecule is Cc1cnc(-c2noc(C3CCCCC3N)n2)nc1. The number of nitrogens with two attached hydrogens (primary N) is 1. The van der Waals surface area contributed by atoms with Crippen LogP contribution in [0.15, 0.2) is 16.9 Å². The van der Waals surface area contributed by atoms with E-state index < -0.39 is 0 Å². The van der Waals surface area contributed by atoms with E-state index in [2.05, 4.69) is 20.1 Å². The third-order valence-corrected chi connectivity index (χ3v) is 3.56. The molecule has 2 N–H and O–H groups in total. The van der Waals surface area contributed by atoms with Crippen LogP contribution in [0.25, 0.3) is 11.6 Å². The zero-order chi connectivity index (χ0) is 13.2. The molecule has 100 valence electrons. The first-order chi connectivity index (χ1) is 9.24. The van der Waals surface area contributed by atoms with Crippen molar-refractivity contribution in [3.05, 3.63) is 23.8 Å². The van der Waals surface area contributed by atoms with Crippen molar-refractivity contribution < 1.29 is 4.52 Å². The van der Waals surface area contributed by atoms with Crippen molar-refractivity contribution in [2.24, 2.45) is 5.73 Å². The molecule has 2 heterocycles. The lowest BCUT2D eigenvalue weighted by molar-refractivity contribution is 0.290. The summed E-state index contributed by atoms with van der Waals surface area (Å²) < 4.78 is 5.34. The van der Waals surface area contributed by atoms with E-state index in [0.717, 1.165) is 24.8 Å². The predicted molar refractivity (Wildman–Crippen MR) is 69.2 cm³/mol. The first-order valence-electron chi connectivity index (χ1n) is 6.62. The number of hydrogen-bond donors (Lipinski definition) is 1. The first kappa shape index (κ1) is 12.2. The van der Waals surface area contributed by atoms with Crippen LogP contribution in [0.5, 0.6) is 0 Å². The molecule has 0 aromatic carbocycles. The van der Waals surface area contributed by atoms with Crippen molar-refractivity contribution in [1.29, 1.82) is 0 Å². The van der Waals surface area contributed by atoms with Gasteiger partial charge in [0, 0.05) is 18.4 Å². The molecule has 2 unspecified atom stereocenters. The molecule has 0 bridgehead atoms. The quantitative estimate of drug-likeness (QED) is 0.884. The topological polar surface area (TPSA) is 90.7 Å². The smallest absolute Gasteiger partial charge is 0.240 e. The Labute approximate surface area is 111 Å². The standard InChI is InChI=1S/C13H17N5O/c1-8-6-15-11(16-7-8)12-17-13(19-18-12)9-4-2-3-5-10(9)14/h6-7,9-10H,2-5,14H2,1H3. The van der Waals surface area contributed by atoms with Crippen LogP contribution in [0.1, 0.15) is 43.1 Å². The highest BCUT2D eigenvalue weighted by molar-refractivity contribution is 5.41. The van der Waals surface area contributed by atoms with Crippen LogP contribution in [-0.2, 0) is 0 Å². The molecule has 6 heteroatoms. The maximum absolute atomic E-state index is 6.12. The monoisotopic (exact) mass is 259 g/mol. The van der Waals surface area contributed by atoms with E-state index in [1.165, 1.54) is 6.42 Å². The van der Waals surface area contributed by atoms with E-state index in [1.807, 2.05) is 6.92 Å². The second kappa shape index (κ2) is 5.05. The Morgan fingerprint density at radius 2 is 1.89 bits per heavy atom. The maximum Gasteiger partial charge on any atom is 0.240 e. The summed E-state index contributed by atoms with van der Waals surface area (Å²) in [5, 5.41) is 3.96. The Morgan fingerprint density at radius 1 is 1.16 bits per heavy atom. The molecule has 2 aromatic heterocycles. The fourth-order valence-electron chi connectivity index (χ4n) is 2.45. The number of aromatic nitrogens is 4. The van der Waals surface area contributed by atoms with Gasteiger partial charge in [-0.05, 0) is 25.3 Å². The van der Waals surface area contributed by atoms with Crippen molar-refractivity contribution >= 4 is 0 Å². The zero-order valence-electron chi connectivity index (χ0n) is 10.9. The van der Waals surface area contributed by atoms with E-state index in [-0.39, 0.29) is 12.0 Å². The van der Waals surface area contributed by atoms with Crippen LogP contribution in [0.4, 0.5) is 0 Å². The average Bonchev–Trinajstić information content (AvgIpc) is 2.89. The van der Waals surface area contributed by atoms with Crippen molar-refractivity contribution in [3.8, 4) is 11.6 Å². The second-order valence-corrected chi connectivity index (χ2v) is 5.10. The molecule has 0 radical (unpaired) electrons. The average molecular weight is 259 g/mol. The van der Waals surface area contributed by atoms with Gasteiger partial charge in [0.1, 0.15) is 0 Å². The zero-order valence-corrected chi connectivity index (χ0v) is 10.9. The molecule has 19 heavy (non-hydrogen) atoms. The summed E-state index contributed by atoms with van der Waals surface area (Å²) in [5.41, 5.74) is 7.12. The summed E-state index contributed by atoms with van der Waals surface area (Å²) in [5.74, 6) is 1.71. The lowest BCUT2D eigenvalue weighted by Gasteiger charge is -2.25. The lowest BCUT2D eigenvalue weighted by atomic mass is 9.85. The maximum atomic E-state index is 6.12. The molecule has 2 atom stereocenters. The Morgan fingerprint density at radius 3 is 2.63 bits per heavy atom. The van der Waals surface area contributed by atoms with Gasteiger partial charge in [-0.3, -0.25) is 0 Å². The fraction of sp³-hybridized carbons (Fsp3) is 0.538. The summed E-state index contributed by atoms with van der Waals surface area (Å²) >= 11 is 0. The van der Waals surface area contributed by atoms with Crippen LogP contribution >= 0.6 is 0 Å². The third kappa shape index (κ3) is 2.49. The van der Waals surface area contributed by atoms with E-state index in [4.69, 9.17) is 10.3 Å². The molecule has 1 aliphatic rings. The highest BCUT2D eigenvalue weighted by Gasteiger charge is 2.28. The van der Waals surface area contributed by atoms with Gasteiger partial charge < -0.3 is 10.3 Å². The number of aryl methyl sites for hydroxylation is 1. The van der Waals surface area contributed by atoms with Crippen LogP contribution in [0, 0.1) is 6.92 Å². The molecule has 1 saturated carbocycles. The Kier molecular flexibility index (Phi) is 3.25. The molecule has 0 amide bonds. The highest BCUT2D eigenvalue weighted by atomic mass is 16.5. The summed E-state index contributed by atoms with van der Waals surface area (Å²) in [6.07, 6.45) is 7.85. The van der Waals surface area contributed by atoms with Crippen molar-refractivity contribution in [2.75, 3.05) is 0 Å². The molecule has 6 nitrogen and oxygen atoms in total. The molecule has 0 aliphatic heterocycles. The summed E-state index contributed by atoms with van der Waals surface area (Å²) in [7, 11) is 0. The molecule has 0 saturated heterocycles. The molecule has 3 rings (SSSR count). The van der Waals surface area contributed by atoms with Gasteiger partial charge in [0.05, 0.1) is 5.92 Å². The molecular formula is C13H17N5O. The Balaban J connectivity index is 1.84. The van der Waals surface area contributed by atoms with Crippen molar-refractivity contribution in [1.82, 2.24) is 20.1 Å². The minimum Gasteiger partial charge on any atom is -0.338 e.